The van der Waals surface area contributed by atoms with Crippen LogP contribution in [0.5, 0.6) is 11.6 Å². The first-order valence-electron chi connectivity index (χ1n) is 8.26. The maximum absolute atomic E-state index is 12.8. The quantitative estimate of drug-likeness (QED) is 0.688. The maximum Gasteiger partial charge on any atom is 0.337 e. The molecule has 27 heavy (non-hydrogen) atoms. The third-order valence-corrected chi connectivity index (χ3v) is 3.88. The highest BCUT2D eigenvalue weighted by Crippen LogP contribution is 2.24. The topological polar surface area (TPSA) is 77.5 Å². The molecule has 6 heteroatoms. The van der Waals surface area contributed by atoms with Crippen molar-refractivity contribution >= 4 is 17.6 Å². The molecule has 0 atom stereocenters. The van der Waals surface area contributed by atoms with Gasteiger partial charge in [0.1, 0.15) is 11.3 Å². The van der Waals surface area contributed by atoms with Crippen molar-refractivity contribution in [1.29, 1.82) is 0 Å². The van der Waals surface area contributed by atoms with Crippen molar-refractivity contribution in [2.45, 2.75) is 6.92 Å². The molecule has 0 aliphatic carbocycles. The first kappa shape index (κ1) is 18.1. The van der Waals surface area contributed by atoms with Crippen molar-refractivity contribution < 1.29 is 19.1 Å². The molecular formula is C21H18N2O4. The number of carbonyl (C=O) groups excluding carboxylic acids is 2. The Balaban J connectivity index is 1.86. The molecule has 6 nitrogen and oxygen atoms in total. The number of amides is 1. The van der Waals surface area contributed by atoms with Gasteiger partial charge in [-0.25, -0.2) is 9.78 Å². The van der Waals surface area contributed by atoms with E-state index >= 15 is 0 Å². The molecule has 0 bridgehead atoms. The van der Waals surface area contributed by atoms with E-state index in [2.05, 4.69) is 10.3 Å². The van der Waals surface area contributed by atoms with Crippen LogP contribution in [0.1, 0.15) is 26.3 Å². The molecule has 136 valence electrons. The fourth-order valence-electron chi connectivity index (χ4n) is 2.44. The summed E-state index contributed by atoms with van der Waals surface area (Å²) < 4.78 is 10.5. The van der Waals surface area contributed by atoms with Gasteiger partial charge >= 0.3 is 5.97 Å². The Kier molecular flexibility index (Phi) is 5.47. The SMILES string of the molecule is COC(=O)c1ccc(C)c(NC(=O)c2cccnc2Oc2ccccc2)c1. The third-order valence-electron chi connectivity index (χ3n) is 3.88. The van der Waals surface area contributed by atoms with Crippen LogP contribution in [-0.2, 0) is 4.74 Å². The predicted octanol–water partition coefficient (Wildman–Crippen LogP) is 4.22. The fourth-order valence-corrected chi connectivity index (χ4v) is 2.44. The number of methoxy groups -OCH3 is 1. The lowest BCUT2D eigenvalue weighted by molar-refractivity contribution is 0.0600. The van der Waals surface area contributed by atoms with Gasteiger partial charge in [0.2, 0.25) is 5.88 Å². The summed E-state index contributed by atoms with van der Waals surface area (Å²) in [5, 5.41) is 2.81. The van der Waals surface area contributed by atoms with Crippen molar-refractivity contribution in [2.75, 3.05) is 12.4 Å². The highest BCUT2D eigenvalue weighted by Gasteiger charge is 2.16. The number of pyridine rings is 1. The minimum Gasteiger partial charge on any atom is -0.465 e. The molecule has 1 N–H and O–H groups in total. The Bertz CT molecular complexity index is 971. The van der Waals surface area contributed by atoms with Crippen LogP contribution in [0.2, 0.25) is 0 Å². The number of hydrogen-bond acceptors (Lipinski definition) is 5. The molecule has 2 aromatic carbocycles. The highest BCUT2D eigenvalue weighted by molar-refractivity contribution is 6.06. The van der Waals surface area contributed by atoms with Gasteiger partial charge < -0.3 is 14.8 Å². The van der Waals surface area contributed by atoms with Crippen molar-refractivity contribution in [2.24, 2.45) is 0 Å². The van der Waals surface area contributed by atoms with Crippen LogP contribution in [0.3, 0.4) is 0 Å². The van der Waals surface area contributed by atoms with E-state index < -0.39 is 5.97 Å². The number of nitrogens with one attached hydrogen (secondary N) is 1. The molecule has 0 saturated heterocycles. The Morgan fingerprint density at radius 2 is 1.78 bits per heavy atom. The van der Waals surface area contributed by atoms with Gasteiger partial charge in [-0.05, 0) is 48.9 Å². The van der Waals surface area contributed by atoms with Crippen molar-refractivity contribution in [3.8, 4) is 11.6 Å². The molecular weight excluding hydrogens is 344 g/mol. The standard InChI is InChI=1S/C21H18N2O4/c1-14-10-11-15(21(25)26-2)13-18(14)23-19(24)17-9-6-12-22-20(17)27-16-7-4-3-5-8-16/h3-13H,1-2H3,(H,23,24). The molecule has 0 unspecified atom stereocenters. The average Bonchev–Trinajstić information content (AvgIpc) is 2.70. The summed E-state index contributed by atoms with van der Waals surface area (Å²) in [5.74, 6) is -0.0868. The Morgan fingerprint density at radius 3 is 2.52 bits per heavy atom. The summed E-state index contributed by atoms with van der Waals surface area (Å²) in [4.78, 5) is 28.7. The molecule has 0 aliphatic heterocycles. The number of benzene rings is 2. The van der Waals surface area contributed by atoms with Crippen LogP contribution < -0.4 is 10.1 Å². The molecule has 1 amide bonds. The fraction of sp³-hybridized carbons (Fsp3) is 0.0952. The van der Waals surface area contributed by atoms with Crippen molar-refractivity contribution in [3.63, 3.8) is 0 Å². The lowest BCUT2D eigenvalue weighted by Crippen LogP contribution is -2.15. The van der Waals surface area contributed by atoms with E-state index in [1.54, 1.807) is 48.7 Å². The summed E-state index contributed by atoms with van der Waals surface area (Å²) in [6.07, 6.45) is 1.55. The van der Waals surface area contributed by atoms with Gasteiger partial charge in [-0.2, -0.15) is 0 Å². The number of nitrogens with zero attached hydrogens (tertiary/aromatic N) is 1. The Labute approximate surface area is 156 Å². The minimum atomic E-state index is -0.472. The minimum absolute atomic E-state index is 0.197. The highest BCUT2D eigenvalue weighted by atomic mass is 16.5. The number of aromatic nitrogens is 1. The van der Waals surface area contributed by atoms with Crippen molar-refractivity contribution in [3.05, 3.63) is 83.6 Å². The summed E-state index contributed by atoms with van der Waals surface area (Å²) in [6.45, 7) is 1.83. The lowest BCUT2D eigenvalue weighted by atomic mass is 10.1. The number of esters is 1. The molecule has 3 aromatic rings. The second-order valence-corrected chi connectivity index (χ2v) is 5.75. The zero-order chi connectivity index (χ0) is 19.2. The van der Waals surface area contributed by atoms with E-state index in [1.807, 2.05) is 25.1 Å². The summed E-state index contributed by atoms with van der Waals surface area (Å²) >= 11 is 0. The number of hydrogen-bond donors (Lipinski definition) is 1. The number of ether oxygens (including phenoxy) is 2. The van der Waals surface area contributed by atoms with Gasteiger partial charge in [0, 0.05) is 11.9 Å². The molecule has 0 spiro atoms. The molecule has 0 aliphatic rings. The van der Waals surface area contributed by atoms with Crippen molar-refractivity contribution in [1.82, 2.24) is 4.98 Å². The van der Waals surface area contributed by atoms with E-state index in [1.165, 1.54) is 7.11 Å². The molecule has 0 radical (unpaired) electrons. The Hall–Kier alpha value is -3.67. The molecule has 1 heterocycles. The van der Waals surface area contributed by atoms with Crippen LogP contribution in [0.4, 0.5) is 5.69 Å². The average molecular weight is 362 g/mol. The number of anilines is 1. The third kappa shape index (κ3) is 4.30. The summed E-state index contributed by atoms with van der Waals surface area (Å²) in [5.41, 5.74) is 1.96. The van der Waals surface area contributed by atoms with Crippen LogP contribution in [0.15, 0.2) is 66.9 Å². The summed E-state index contributed by atoms with van der Waals surface area (Å²) in [7, 11) is 1.31. The zero-order valence-electron chi connectivity index (χ0n) is 14.9. The van der Waals surface area contributed by atoms with Crippen LogP contribution in [0.25, 0.3) is 0 Å². The second-order valence-electron chi connectivity index (χ2n) is 5.75. The first-order valence-corrected chi connectivity index (χ1v) is 8.26. The van der Waals surface area contributed by atoms with Gasteiger partial charge in [0.15, 0.2) is 0 Å². The normalized spacial score (nSPS) is 10.1. The van der Waals surface area contributed by atoms with Crippen LogP contribution in [0, 0.1) is 6.92 Å². The largest absolute Gasteiger partial charge is 0.465 e. The molecule has 0 saturated carbocycles. The zero-order valence-corrected chi connectivity index (χ0v) is 14.9. The van der Waals surface area contributed by atoms with E-state index in [9.17, 15) is 9.59 Å². The lowest BCUT2D eigenvalue weighted by Gasteiger charge is -2.12. The van der Waals surface area contributed by atoms with E-state index in [-0.39, 0.29) is 17.4 Å². The first-order chi connectivity index (χ1) is 13.1. The van der Waals surface area contributed by atoms with E-state index in [0.717, 1.165) is 5.56 Å². The smallest absolute Gasteiger partial charge is 0.337 e. The van der Waals surface area contributed by atoms with E-state index in [4.69, 9.17) is 9.47 Å². The number of rotatable bonds is 5. The van der Waals surface area contributed by atoms with Gasteiger partial charge in [-0.1, -0.05) is 24.3 Å². The van der Waals surface area contributed by atoms with Crippen LogP contribution >= 0.6 is 0 Å². The number of aryl methyl sites for hydroxylation is 1. The second kappa shape index (κ2) is 8.14. The molecule has 3 rings (SSSR count). The van der Waals surface area contributed by atoms with Gasteiger partial charge in [-0.3, -0.25) is 4.79 Å². The maximum atomic E-state index is 12.8. The predicted molar refractivity (Wildman–Crippen MR) is 101 cm³/mol. The van der Waals surface area contributed by atoms with E-state index in [0.29, 0.717) is 17.0 Å². The molecule has 0 fully saturated rings. The van der Waals surface area contributed by atoms with Gasteiger partial charge in [-0.15, -0.1) is 0 Å². The van der Waals surface area contributed by atoms with Gasteiger partial charge in [0.25, 0.3) is 5.91 Å². The summed E-state index contributed by atoms with van der Waals surface area (Å²) in [6, 6.07) is 17.3. The number of para-hydroxylation sites is 1. The van der Waals surface area contributed by atoms with Gasteiger partial charge in [0.05, 0.1) is 12.7 Å². The number of carbonyl (C=O) groups is 2. The monoisotopic (exact) mass is 362 g/mol. The Morgan fingerprint density at radius 1 is 1.00 bits per heavy atom. The molecule has 1 aromatic heterocycles. The van der Waals surface area contributed by atoms with Crippen LogP contribution in [-0.4, -0.2) is 24.0 Å².